The Labute approximate surface area is 99.8 Å². The SMILES string of the molecule is CNC(=O)[C@@H](C)Nc1nc(CC(C)C)ns1. The maximum atomic E-state index is 11.3. The molecule has 0 bridgehead atoms. The van der Waals surface area contributed by atoms with Crippen LogP contribution in [0.2, 0.25) is 0 Å². The molecule has 0 aromatic carbocycles. The molecule has 0 radical (unpaired) electrons. The summed E-state index contributed by atoms with van der Waals surface area (Å²) in [6.07, 6.45) is 0.868. The molecule has 0 saturated carbocycles. The van der Waals surface area contributed by atoms with Gasteiger partial charge in [-0.05, 0) is 12.8 Å². The Morgan fingerprint density at radius 2 is 2.12 bits per heavy atom. The van der Waals surface area contributed by atoms with Crippen LogP contribution in [0.4, 0.5) is 5.13 Å². The number of aromatic nitrogens is 2. The van der Waals surface area contributed by atoms with Gasteiger partial charge in [0.1, 0.15) is 11.9 Å². The van der Waals surface area contributed by atoms with Crippen LogP contribution >= 0.6 is 11.5 Å². The van der Waals surface area contributed by atoms with E-state index in [0.29, 0.717) is 11.0 Å². The van der Waals surface area contributed by atoms with Gasteiger partial charge in [0.25, 0.3) is 0 Å². The van der Waals surface area contributed by atoms with Crippen molar-refractivity contribution in [2.45, 2.75) is 33.2 Å². The number of hydrogen-bond acceptors (Lipinski definition) is 5. The zero-order chi connectivity index (χ0) is 12.1. The largest absolute Gasteiger partial charge is 0.357 e. The molecule has 1 heterocycles. The second kappa shape index (κ2) is 5.79. The lowest BCUT2D eigenvalue weighted by atomic mass is 10.1. The third-order valence-electron chi connectivity index (χ3n) is 2.04. The van der Waals surface area contributed by atoms with Crippen LogP contribution in [0.25, 0.3) is 0 Å². The maximum absolute atomic E-state index is 11.3. The second-order valence-electron chi connectivity index (χ2n) is 4.09. The molecule has 0 saturated heterocycles. The molecule has 0 spiro atoms. The highest BCUT2D eigenvalue weighted by Gasteiger charge is 2.13. The van der Waals surface area contributed by atoms with Gasteiger partial charge in [-0.25, -0.2) is 4.98 Å². The van der Waals surface area contributed by atoms with E-state index in [1.54, 1.807) is 14.0 Å². The minimum Gasteiger partial charge on any atom is -0.357 e. The standard InChI is InChI=1S/C10H18N4OS/c1-6(2)5-8-13-10(16-14-8)12-7(3)9(15)11-4/h6-7H,5H2,1-4H3,(H,11,15)(H,12,13,14)/t7-/m1/s1. The zero-order valence-corrected chi connectivity index (χ0v) is 10.9. The van der Waals surface area contributed by atoms with Gasteiger partial charge < -0.3 is 10.6 Å². The summed E-state index contributed by atoms with van der Waals surface area (Å²) in [5.74, 6) is 1.33. The molecule has 1 atom stereocenters. The van der Waals surface area contributed by atoms with Gasteiger partial charge in [0.05, 0.1) is 0 Å². The van der Waals surface area contributed by atoms with E-state index in [1.165, 1.54) is 11.5 Å². The van der Waals surface area contributed by atoms with E-state index in [0.717, 1.165) is 12.2 Å². The third-order valence-corrected chi connectivity index (χ3v) is 2.72. The van der Waals surface area contributed by atoms with Crippen molar-refractivity contribution in [3.8, 4) is 0 Å². The molecule has 1 aromatic rings. The summed E-state index contributed by atoms with van der Waals surface area (Å²) in [5, 5.41) is 6.30. The van der Waals surface area contributed by atoms with Gasteiger partial charge in [-0.15, -0.1) is 0 Å². The first kappa shape index (κ1) is 12.9. The number of hydrogen-bond donors (Lipinski definition) is 2. The second-order valence-corrected chi connectivity index (χ2v) is 4.85. The average molecular weight is 242 g/mol. The van der Waals surface area contributed by atoms with Gasteiger partial charge in [0.2, 0.25) is 11.0 Å². The Morgan fingerprint density at radius 1 is 1.44 bits per heavy atom. The molecule has 0 unspecified atom stereocenters. The summed E-state index contributed by atoms with van der Waals surface area (Å²) in [7, 11) is 1.62. The van der Waals surface area contributed by atoms with Crippen LogP contribution in [-0.4, -0.2) is 28.4 Å². The molecular formula is C10H18N4OS. The first-order chi connectivity index (χ1) is 7.52. The lowest BCUT2D eigenvalue weighted by Gasteiger charge is -2.09. The number of amides is 1. The zero-order valence-electron chi connectivity index (χ0n) is 10.1. The van der Waals surface area contributed by atoms with Crippen molar-refractivity contribution in [1.29, 1.82) is 0 Å². The summed E-state index contributed by atoms with van der Waals surface area (Å²) in [4.78, 5) is 15.6. The summed E-state index contributed by atoms with van der Waals surface area (Å²) in [6.45, 7) is 6.05. The monoisotopic (exact) mass is 242 g/mol. The first-order valence-electron chi connectivity index (χ1n) is 5.33. The number of likely N-dealkylation sites (N-methyl/N-ethyl adjacent to an activating group) is 1. The highest BCUT2D eigenvalue weighted by atomic mass is 32.1. The van der Waals surface area contributed by atoms with Gasteiger partial charge >= 0.3 is 0 Å². The molecular weight excluding hydrogens is 224 g/mol. The Bertz CT molecular complexity index is 350. The molecule has 1 rings (SSSR count). The van der Waals surface area contributed by atoms with Crippen LogP contribution in [0.15, 0.2) is 0 Å². The number of carbonyl (C=O) groups is 1. The summed E-state index contributed by atoms with van der Waals surface area (Å²) in [6, 6.07) is -0.287. The quantitative estimate of drug-likeness (QED) is 0.816. The fourth-order valence-corrected chi connectivity index (χ4v) is 1.91. The highest BCUT2D eigenvalue weighted by Crippen LogP contribution is 2.14. The number of nitrogens with one attached hydrogen (secondary N) is 2. The Morgan fingerprint density at radius 3 is 2.69 bits per heavy atom. The van der Waals surface area contributed by atoms with Crippen LogP contribution in [-0.2, 0) is 11.2 Å². The number of rotatable bonds is 5. The third kappa shape index (κ3) is 3.77. The van der Waals surface area contributed by atoms with Crippen molar-refractivity contribution < 1.29 is 4.79 Å². The van der Waals surface area contributed by atoms with Crippen LogP contribution < -0.4 is 10.6 Å². The minimum atomic E-state index is -0.287. The van der Waals surface area contributed by atoms with E-state index in [1.807, 2.05) is 0 Å². The van der Waals surface area contributed by atoms with Crippen molar-refractivity contribution in [2.24, 2.45) is 5.92 Å². The predicted molar refractivity (Wildman–Crippen MR) is 65.6 cm³/mol. The van der Waals surface area contributed by atoms with Gasteiger partial charge in [-0.3, -0.25) is 4.79 Å². The lowest BCUT2D eigenvalue weighted by molar-refractivity contribution is -0.121. The molecule has 6 heteroatoms. The lowest BCUT2D eigenvalue weighted by Crippen LogP contribution is -2.35. The molecule has 5 nitrogen and oxygen atoms in total. The van der Waals surface area contributed by atoms with Gasteiger partial charge in [-0.2, -0.15) is 4.37 Å². The van der Waals surface area contributed by atoms with E-state index in [9.17, 15) is 4.79 Å². The Kier molecular flexibility index (Phi) is 4.67. The van der Waals surface area contributed by atoms with Crippen LogP contribution in [0.3, 0.4) is 0 Å². The van der Waals surface area contributed by atoms with Crippen LogP contribution in [0.5, 0.6) is 0 Å². The molecule has 0 fully saturated rings. The van der Waals surface area contributed by atoms with Gasteiger partial charge in [-0.1, -0.05) is 13.8 Å². The molecule has 0 aliphatic carbocycles. The topological polar surface area (TPSA) is 66.9 Å². The number of nitrogens with zero attached hydrogens (tertiary/aromatic N) is 2. The molecule has 1 amide bonds. The highest BCUT2D eigenvalue weighted by molar-refractivity contribution is 7.09. The van der Waals surface area contributed by atoms with Gasteiger partial charge in [0, 0.05) is 25.0 Å². The maximum Gasteiger partial charge on any atom is 0.242 e. The number of anilines is 1. The van der Waals surface area contributed by atoms with Crippen molar-refractivity contribution >= 4 is 22.6 Å². The normalized spacial score (nSPS) is 12.6. The van der Waals surface area contributed by atoms with Crippen LogP contribution in [0, 0.1) is 5.92 Å². The summed E-state index contributed by atoms with van der Waals surface area (Å²) < 4.78 is 4.23. The smallest absolute Gasteiger partial charge is 0.242 e. The van der Waals surface area contributed by atoms with Crippen LogP contribution in [0.1, 0.15) is 26.6 Å². The van der Waals surface area contributed by atoms with E-state index in [4.69, 9.17) is 0 Å². The Hall–Kier alpha value is -1.17. The minimum absolute atomic E-state index is 0.0550. The number of carbonyl (C=O) groups excluding carboxylic acids is 1. The summed E-state index contributed by atoms with van der Waals surface area (Å²) in [5.41, 5.74) is 0. The van der Waals surface area contributed by atoms with Crippen molar-refractivity contribution in [3.05, 3.63) is 5.82 Å². The predicted octanol–water partition coefficient (Wildman–Crippen LogP) is 1.28. The van der Waals surface area contributed by atoms with E-state index in [2.05, 4.69) is 33.8 Å². The molecule has 16 heavy (non-hydrogen) atoms. The summed E-state index contributed by atoms with van der Waals surface area (Å²) >= 11 is 1.30. The van der Waals surface area contributed by atoms with E-state index in [-0.39, 0.29) is 11.9 Å². The molecule has 90 valence electrons. The molecule has 2 N–H and O–H groups in total. The fourth-order valence-electron chi connectivity index (χ4n) is 1.23. The van der Waals surface area contributed by atoms with Crippen molar-refractivity contribution in [2.75, 3.05) is 12.4 Å². The van der Waals surface area contributed by atoms with Crippen molar-refractivity contribution in [1.82, 2.24) is 14.7 Å². The average Bonchev–Trinajstić information content (AvgIpc) is 2.63. The van der Waals surface area contributed by atoms with E-state index >= 15 is 0 Å². The van der Waals surface area contributed by atoms with E-state index < -0.39 is 0 Å². The fraction of sp³-hybridized carbons (Fsp3) is 0.700. The molecule has 1 aromatic heterocycles. The van der Waals surface area contributed by atoms with Crippen molar-refractivity contribution in [3.63, 3.8) is 0 Å². The molecule has 0 aliphatic rings. The Balaban J connectivity index is 2.55. The first-order valence-corrected chi connectivity index (χ1v) is 6.11. The van der Waals surface area contributed by atoms with Gasteiger partial charge in [0.15, 0.2) is 0 Å². The molecule has 0 aliphatic heterocycles.